The van der Waals surface area contributed by atoms with E-state index in [1.807, 2.05) is 6.07 Å². The summed E-state index contributed by atoms with van der Waals surface area (Å²) in [5, 5.41) is 2.66. The Kier molecular flexibility index (Phi) is 5.55. The van der Waals surface area contributed by atoms with Crippen molar-refractivity contribution < 1.29 is 18.7 Å². The SMILES string of the molecule is C[C@@H](OC(=O)C=Cc1ccc(Br)o1)C(=O)Nc1ccccc1. The molecule has 0 saturated heterocycles. The van der Waals surface area contributed by atoms with Gasteiger partial charge in [-0.25, -0.2) is 4.79 Å². The predicted octanol–water partition coefficient (Wildman–Crippen LogP) is 3.63. The number of esters is 1. The monoisotopic (exact) mass is 363 g/mol. The van der Waals surface area contributed by atoms with Crippen LogP contribution in [0.15, 0.2) is 57.6 Å². The Balaban J connectivity index is 1.85. The van der Waals surface area contributed by atoms with Crippen molar-refractivity contribution in [1.29, 1.82) is 0 Å². The van der Waals surface area contributed by atoms with Crippen molar-refractivity contribution in [2.45, 2.75) is 13.0 Å². The lowest BCUT2D eigenvalue weighted by Gasteiger charge is -2.12. The molecule has 0 radical (unpaired) electrons. The summed E-state index contributed by atoms with van der Waals surface area (Å²) in [6.45, 7) is 1.51. The zero-order valence-corrected chi connectivity index (χ0v) is 13.4. The van der Waals surface area contributed by atoms with Crippen LogP contribution in [0.4, 0.5) is 5.69 Å². The number of benzene rings is 1. The molecule has 5 nitrogen and oxygen atoms in total. The van der Waals surface area contributed by atoms with Crippen LogP contribution in [-0.2, 0) is 14.3 Å². The summed E-state index contributed by atoms with van der Waals surface area (Å²) in [6.07, 6.45) is 1.77. The number of para-hydroxylation sites is 1. The summed E-state index contributed by atoms with van der Waals surface area (Å²) in [6, 6.07) is 12.4. The molecule has 0 spiro atoms. The highest BCUT2D eigenvalue weighted by Gasteiger charge is 2.16. The van der Waals surface area contributed by atoms with Gasteiger partial charge in [-0.1, -0.05) is 18.2 Å². The van der Waals surface area contributed by atoms with Crippen LogP contribution in [0.25, 0.3) is 6.08 Å². The maximum absolute atomic E-state index is 11.9. The second-order valence-electron chi connectivity index (χ2n) is 4.41. The van der Waals surface area contributed by atoms with E-state index in [2.05, 4.69) is 21.2 Å². The molecule has 0 saturated carbocycles. The lowest BCUT2D eigenvalue weighted by molar-refractivity contribution is -0.148. The lowest BCUT2D eigenvalue weighted by Crippen LogP contribution is -2.29. The van der Waals surface area contributed by atoms with E-state index in [9.17, 15) is 9.59 Å². The molecule has 0 aliphatic rings. The maximum Gasteiger partial charge on any atom is 0.331 e. The van der Waals surface area contributed by atoms with Gasteiger partial charge in [0.15, 0.2) is 10.8 Å². The molecule has 1 N–H and O–H groups in total. The molecule has 6 heteroatoms. The molecule has 114 valence electrons. The van der Waals surface area contributed by atoms with Crippen molar-refractivity contribution in [2.24, 2.45) is 0 Å². The van der Waals surface area contributed by atoms with Gasteiger partial charge in [-0.3, -0.25) is 4.79 Å². The Morgan fingerprint density at radius 2 is 1.95 bits per heavy atom. The second-order valence-corrected chi connectivity index (χ2v) is 5.19. The molecule has 1 amide bonds. The van der Waals surface area contributed by atoms with Gasteiger partial charge in [0.05, 0.1) is 0 Å². The molecular formula is C16H14BrNO4. The molecule has 22 heavy (non-hydrogen) atoms. The third kappa shape index (κ3) is 4.89. The Hall–Kier alpha value is -2.34. The van der Waals surface area contributed by atoms with Gasteiger partial charge in [0, 0.05) is 11.8 Å². The molecule has 2 aromatic rings. The first-order valence-corrected chi connectivity index (χ1v) is 7.34. The minimum absolute atomic E-state index is 0.395. The van der Waals surface area contributed by atoms with Gasteiger partial charge in [-0.15, -0.1) is 0 Å². The highest BCUT2D eigenvalue weighted by Crippen LogP contribution is 2.15. The number of ether oxygens (including phenoxy) is 1. The number of amides is 1. The van der Waals surface area contributed by atoms with Crippen LogP contribution in [0.5, 0.6) is 0 Å². The minimum Gasteiger partial charge on any atom is -0.450 e. The van der Waals surface area contributed by atoms with Crippen molar-refractivity contribution in [3.63, 3.8) is 0 Å². The van der Waals surface area contributed by atoms with Crippen molar-refractivity contribution in [1.82, 2.24) is 0 Å². The van der Waals surface area contributed by atoms with Gasteiger partial charge >= 0.3 is 5.97 Å². The molecule has 2 rings (SSSR count). The third-order valence-electron chi connectivity index (χ3n) is 2.68. The van der Waals surface area contributed by atoms with Gasteiger partial charge in [0.2, 0.25) is 0 Å². The molecule has 0 aliphatic heterocycles. The zero-order chi connectivity index (χ0) is 15.9. The first kappa shape index (κ1) is 16.0. The van der Waals surface area contributed by atoms with Crippen LogP contribution >= 0.6 is 15.9 Å². The van der Waals surface area contributed by atoms with Crippen molar-refractivity contribution in [3.8, 4) is 0 Å². The van der Waals surface area contributed by atoms with Crippen LogP contribution in [-0.4, -0.2) is 18.0 Å². The Labute approximate surface area is 136 Å². The van der Waals surface area contributed by atoms with Gasteiger partial charge in [-0.2, -0.15) is 0 Å². The van der Waals surface area contributed by atoms with Crippen LogP contribution in [0.3, 0.4) is 0 Å². The number of furan rings is 1. The summed E-state index contributed by atoms with van der Waals surface area (Å²) < 4.78 is 10.8. The topological polar surface area (TPSA) is 68.5 Å². The normalized spacial score (nSPS) is 12.1. The molecule has 1 heterocycles. The number of hydrogen-bond donors (Lipinski definition) is 1. The first-order valence-electron chi connectivity index (χ1n) is 6.54. The molecule has 0 aliphatic carbocycles. The summed E-state index contributed by atoms with van der Waals surface area (Å²) in [5.74, 6) is -0.512. The average molecular weight is 364 g/mol. The summed E-state index contributed by atoms with van der Waals surface area (Å²) in [7, 11) is 0. The highest BCUT2D eigenvalue weighted by atomic mass is 79.9. The summed E-state index contributed by atoms with van der Waals surface area (Å²) >= 11 is 3.16. The fourth-order valence-corrected chi connectivity index (χ4v) is 1.92. The van der Waals surface area contributed by atoms with Gasteiger partial charge < -0.3 is 14.5 Å². The van der Waals surface area contributed by atoms with Crippen LogP contribution < -0.4 is 5.32 Å². The van der Waals surface area contributed by atoms with E-state index in [0.717, 1.165) is 0 Å². The molecule has 0 unspecified atom stereocenters. The van der Waals surface area contributed by atoms with E-state index in [4.69, 9.17) is 9.15 Å². The second kappa shape index (κ2) is 7.61. The highest BCUT2D eigenvalue weighted by molar-refractivity contribution is 9.10. The van der Waals surface area contributed by atoms with Crippen molar-refractivity contribution in [2.75, 3.05) is 5.32 Å². The largest absolute Gasteiger partial charge is 0.450 e. The zero-order valence-electron chi connectivity index (χ0n) is 11.8. The third-order valence-corrected chi connectivity index (χ3v) is 3.11. The number of rotatable bonds is 5. The maximum atomic E-state index is 11.9. The predicted molar refractivity (Wildman–Crippen MR) is 86.1 cm³/mol. The molecule has 0 fully saturated rings. The number of anilines is 1. The number of carbonyl (C=O) groups excluding carboxylic acids is 2. The van der Waals surface area contributed by atoms with E-state index in [0.29, 0.717) is 16.1 Å². The Morgan fingerprint density at radius 3 is 2.59 bits per heavy atom. The van der Waals surface area contributed by atoms with Crippen LogP contribution in [0.2, 0.25) is 0 Å². The molecule has 1 aromatic carbocycles. The average Bonchev–Trinajstić information content (AvgIpc) is 2.92. The quantitative estimate of drug-likeness (QED) is 0.650. The van der Waals surface area contributed by atoms with E-state index in [1.54, 1.807) is 36.4 Å². The summed E-state index contributed by atoms with van der Waals surface area (Å²) in [4.78, 5) is 23.5. The van der Waals surface area contributed by atoms with E-state index < -0.39 is 18.0 Å². The smallest absolute Gasteiger partial charge is 0.331 e. The summed E-state index contributed by atoms with van der Waals surface area (Å²) in [5.41, 5.74) is 0.645. The number of carbonyl (C=O) groups is 2. The molecule has 1 aromatic heterocycles. The lowest BCUT2D eigenvalue weighted by atomic mass is 10.3. The fraction of sp³-hybridized carbons (Fsp3) is 0.125. The van der Waals surface area contributed by atoms with E-state index in [1.165, 1.54) is 19.1 Å². The standard InChI is InChI=1S/C16H14BrNO4/c1-11(16(20)18-12-5-3-2-4-6-12)21-15(19)10-8-13-7-9-14(17)22-13/h2-11H,1H3,(H,18,20)/t11-/m1/s1. The Bertz CT molecular complexity index is 678. The first-order chi connectivity index (χ1) is 10.5. The molecule has 1 atom stereocenters. The van der Waals surface area contributed by atoms with Gasteiger partial charge in [0.1, 0.15) is 5.76 Å². The van der Waals surface area contributed by atoms with Crippen molar-refractivity contribution >= 4 is 39.6 Å². The molecular weight excluding hydrogens is 350 g/mol. The number of nitrogens with one attached hydrogen (secondary N) is 1. The fourth-order valence-electron chi connectivity index (χ4n) is 1.60. The van der Waals surface area contributed by atoms with E-state index in [-0.39, 0.29) is 0 Å². The minimum atomic E-state index is -0.902. The van der Waals surface area contributed by atoms with Crippen molar-refractivity contribution in [3.05, 3.63) is 59.0 Å². The van der Waals surface area contributed by atoms with Crippen LogP contribution in [0, 0.1) is 0 Å². The van der Waals surface area contributed by atoms with Gasteiger partial charge in [0.25, 0.3) is 5.91 Å². The van der Waals surface area contributed by atoms with Crippen LogP contribution in [0.1, 0.15) is 12.7 Å². The Morgan fingerprint density at radius 1 is 1.23 bits per heavy atom. The van der Waals surface area contributed by atoms with Gasteiger partial charge in [-0.05, 0) is 53.2 Å². The number of halogens is 1. The number of hydrogen-bond acceptors (Lipinski definition) is 4. The molecule has 0 bridgehead atoms. The van der Waals surface area contributed by atoms with E-state index >= 15 is 0 Å².